The predicted octanol–water partition coefficient (Wildman–Crippen LogP) is 3.14. The third-order valence-electron chi connectivity index (χ3n) is 4.98. The van der Waals surface area contributed by atoms with Crippen molar-refractivity contribution >= 4 is 17.4 Å². The number of hydrogen-bond donors (Lipinski definition) is 2. The summed E-state index contributed by atoms with van der Waals surface area (Å²) in [5, 5.41) is 3.74. The number of carbonyl (C=O) groups is 1. The normalized spacial score (nSPS) is 20.1. The smallest absolute Gasteiger partial charge is 0.215 e. The van der Waals surface area contributed by atoms with Crippen LogP contribution >= 0.6 is 0 Å². The Hall–Kier alpha value is -2.47. The molecule has 0 saturated carbocycles. The average molecular weight is 370 g/mol. The van der Waals surface area contributed by atoms with Crippen LogP contribution in [0.5, 0.6) is 0 Å². The van der Waals surface area contributed by atoms with Crippen LogP contribution in [0, 0.1) is 5.92 Å². The van der Waals surface area contributed by atoms with Crippen LogP contribution in [0.2, 0.25) is 0 Å². The number of anilines is 2. The molecule has 1 aliphatic rings. The standard InChI is InChI=1S/C21H29N5O.H2/c1-4-15-12-26(13-16(24-15)11-14(2)3)19-9-5-8-18(25-19)20(27)17-7-6-10-23-21(17)22;/h5-10,14-16,24H,4,11-13H2,1-3H3,(H2,22,23);1H/t15-,16+;/m1./s1. The fourth-order valence-electron chi connectivity index (χ4n) is 3.66. The Morgan fingerprint density at radius 3 is 2.78 bits per heavy atom. The summed E-state index contributed by atoms with van der Waals surface area (Å²) in [5.74, 6) is 1.52. The van der Waals surface area contributed by atoms with E-state index in [0.717, 1.165) is 31.7 Å². The van der Waals surface area contributed by atoms with Gasteiger partial charge in [0.05, 0.1) is 5.56 Å². The molecule has 2 aromatic heterocycles. The molecule has 0 aliphatic carbocycles. The first kappa shape index (κ1) is 19.3. The molecule has 1 fully saturated rings. The molecule has 0 bridgehead atoms. The van der Waals surface area contributed by atoms with Crippen molar-refractivity contribution < 1.29 is 6.22 Å². The molecule has 3 rings (SSSR count). The fourth-order valence-corrected chi connectivity index (χ4v) is 3.66. The van der Waals surface area contributed by atoms with E-state index in [2.05, 4.69) is 41.0 Å². The summed E-state index contributed by atoms with van der Waals surface area (Å²) in [6, 6.07) is 9.87. The minimum Gasteiger partial charge on any atom is -0.383 e. The van der Waals surface area contributed by atoms with Crippen LogP contribution in [0.1, 0.15) is 51.1 Å². The van der Waals surface area contributed by atoms with Gasteiger partial charge in [0.2, 0.25) is 5.78 Å². The van der Waals surface area contributed by atoms with E-state index in [1.807, 2.05) is 12.1 Å². The van der Waals surface area contributed by atoms with Gasteiger partial charge in [-0.05, 0) is 43.0 Å². The van der Waals surface area contributed by atoms with E-state index < -0.39 is 0 Å². The first-order valence-electron chi connectivity index (χ1n) is 9.71. The molecule has 1 aliphatic heterocycles. The largest absolute Gasteiger partial charge is 0.383 e. The van der Waals surface area contributed by atoms with Gasteiger partial charge < -0.3 is 16.0 Å². The third-order valence-corrected chi connectivity index (χ3v) is 4.98. The van der Waals surface area contributed by atoms with Crippen molar-refractivity contribution in [3.63, 3.8) is 0 Å². The quantitative estimate of drug-likeness (QED) is 0.761. The Morgan fingerprint density at radius 2 is 2.07 bits per heavy atom. The van der Waals surface area contributed by atoms with E-state index in [4.69, 9.17) is 5.73 Å². The van der Waals surface area contributed by atoms with Gasteiger partial charge in [-0.2, -0.15) is 0 Å². The number of nitrogens with one attached hydrogen (secondary N) is 1. The van der Waals surface area contributed by atoms with Crippen LogP contribution < -0.4 is 16.0 Å². The molecule has 0 radical (unpaired) electrons. The predicted molar refractivity (Wildman–Crippen MR) is 111 cm³/mol. The number of hydrogen-bond acceptors (Lipinski definition) is 6. The van der Waals surface area contributed by atoms with Gasteiger partial charge in [0.15, 0.2) is 0 Å². The van der Waals surface area contributed by atoms with Crippen LogP contribution in [0.15, 0.2) is 36.5 Å². The first-order chi connectivity index (χ1) is 13.0. The number of rotatable bonds is 6. The number of nitrogens with two attached hydrogens (primary N) is 1. The van der Waals surface area contributed by atoms with Crippen molar-refractivity contribution in [2.75, 3.05) is 23.7 Å². The van der Waals surface area contributed by atoms with Gasteiger partial charge in [-0.25, -0.2) is 9.97 Å². The van der Waals surface area contributed by atoms with Crippen LogP contribution in [0.3, 0.4) is 0 Å². The van der Waals surface area contributed by atoms with E-state index in [9.17, 15) is 4.79 Å². The number of ketones is 1. The SMILES string of the molecule is CC[C@@H]1CN(c2cccc(C(=O)c3cccnc3N)n2)C[C@H](CC(C)C)N1.[HH]. The molecule has 0 spiro atoms. The van der Waals surface area contributed by atoms with Crippen molar-refractivity contribution in [3.05, 3.63) is 47.8 Å². The summed E-state index contributed by atoms with van der Waals surface area (Å²) in [5.41, 5.74) is 6.66. The average Bonchev–Trinajstić information content (AvgIpc) is 2.67. The lowest BCUT2D eigenvalue weighted by atomic mass is 9.99. The molecule has 2 aromatic rings. The molecule has 1 saturated heterocycles. The number of aromatic nitrogens is 2. The van der Waals surface area contributed by atoms with E-state index in [1.54, 1.807) is 24.4 Å². The third kappa shape index (κ3) is 4.63. The molecular weight excluding hydrogens is 338 g/mol. The topological polar surface area (TPSA) is 84.1 Å². The first-order valence-corrected chi connectivity index (χ1v) is 9.71. The van der Waals surface area contributed by atoms with E-state index in [1.165, 1.54) is 0 Å². The van der Waals surface area contributed by atoms with E-state index in [0.29, 0.717) is 29.3 Å². The second kappa shape index (κ2) is 8.48. The highest BCUT2D eigenvalue weighted by atomic mass is 16.1. The molecule has 0 aromatic carbocycles. The van der Waals surface area contributed by atoms with Crippen LogP contribution in [-0.2, 0) is 0 Å². The zero-order valence-electron chi connectivity index (χ0n) is 16.4. The summed E-state index contributed by atoms with van der Waals surface area (Å²) in [6.07, 6.45) is 3.77. The Bertz CT molecular complexity index is 798. The zero-order chi connectivity index (χ0) is 19.4. The summed E-state index contributed by atoms with van der Waals surface area (Å²) < 4.78 is 0. The minimum atomic E-state index is -0.191. The van der Waals surface area contributed by atoms with Crippen LogP contribution in [0.25, 0.3) is 0 Å². The number of carbonyl (C=O) groups excluding carboxylic acids is 1. The molecule has 6 nitrogen and oxygen atoms in total. The van der Waals surface area contributed by atoms with Gasteiger partial charge in [-0.15, -0.1) is 0 Å². The number of pyridine rings is 2. The summed E-state index contributed by atoms with van der Waals surface area (Å²) in [6.45, 7) is 8.49. The second-order valence-corrected chi connectivity index (χ2v) is 7.65. The van der Waals surface area contributed by atoms with Gasteiger partial charge in [0, 0.05) is 32.8 Å². The number of nitrogens with zero attached hydrogens (tertiary/aromatic N) is 3. The lowest BCUT2D eigenvalue weighted by Crippen LogP contribution is -2.57. The van der Waals surface area contributed by atoms with Gasteiger partial charge in [-0.1, -0.05) is 26.8 Å². The highest BCUT2D eigenvalue weighted by molar-refractivity contribution is 6.10. The van der Waals surface area contributed by atoms with Gasteiger partial charge >= 0.3 is 0 Å². The van der Waals surface area contributed by atoms with Crippen molar-refractivity contribution in [3.8, 4) is 0 Å². The van der Waals surface area contributed by atoms with Crippen molar-refractivity contribution in [1.29, 1.82) is 0 Å². The zero-order valence-corrected chi connectivity index (χ0v) is 16.4. The van der Waals surface area contributed by atoms with E-state index in [-0.39, 0.29) is 13.0 Å². The van der Waals surface area contributed by atoms with Gasteiger partial charge in [-0.3, -0.25) is 4.79 Å². The molecule has 146 valence electrons. The minimum absolute atomic E-state index is 0. The highest BCUT2D eigenvalue weighted by Gasteiger charge is 2.27. The lowest BCUT2D eigenvalue weighted by Gasteiger charge is -2.40. The maximum absolute atomic E-state index is 12.8. The summed E-state index contributed by atoms with van der Waals surface area (Å²) in [4.78, 5) is 23.8. The maximum Gasteiger partial charge on any atom is 0.215 e. The maximum atomic E-state index is 12.8. The van der Waals surface area contributed by atoms with Crippen molar-refractivity contribution in [2.45, 2.75) is 45.7 Å². The van der Waals surface area contributed by atoms with Crippen LogP contribution in [0.4, 0.5) is 11.6 Å². The highest BCUT2D eigenvalue weighted by Crippen LogP contribution is 2.21. The summed E-state index contributed by atoms with van der Waals surface area (Å²) >= 11 is 0. The molecule has 6 heteroatoms. The monoisotopic (exact) mass is 369 g/mol. The molecule has 27 heavy (non-hydrogen) atoms. The summed E-state index contributed by atoms with van der Waals surface area (Å²) in [7, 11) is 0. The fraction of sp³-hybridized carbons (Fsp3) is 0.476. The molecule has 0 unspecified atom stereocenters. The Balaban J connectivity index is 0.00000280. The van der Waals surface area contributed by atoms with Gasteiger partial charge in [0.1, 0.15) is 17.3 Å². The number of nitrogen functional groups attached to an aromatic ring is 1. The Morgan fingerprint density at radius 1 is 1.30 bits per heavy atom. The van der Waals surface area contributed by atoms with Gasteiger partial charge in [0.25, 0.3) is 0 Å². The molecule has 3 heterocycles. The number of piperazine rings is 1. The van der Waals surface area contributed by atoms with Crippen molar-refractivity contribution in [1.82, 2.24) is 15.3 Å². The lowest BCUT2D eigenvalue weighted by molar-refractivity contribution is 0.103. The molecule has 0 amide bonds. The molecule has 2 atom stereocenters. The Kier molecular flexibility index (Phi) is 6.06. The van der Waals surface area contributed by atoms with Crippen LogP contribution in [-0.4, -0.2) is 40.9 Å². The second-order valence-electron chi connectivity index (χ2n) is 7.65. The van der Waals surface area contributed by atoms with Crippen molar-refractivity contribution in [2.24, 2.45) is 5.92 Å². The molecule has 3 N–H and O–H groups in total. The van der Waals surface area contributed by atoms with E-state index >= 15 is 0 Å². The molecular formula is C21H31N5O. The Labute approximate surface area is 162 Å².